The van der Waals surface area contributed by atoms with Crippen LogP contribution in [0.3, 0.4) is 0 Å². The van der Waals surface area contributed by atoms with Gasteiger partial charge in [0.1, 0.15) is 17.1 Å². The van der Waals surface area contributed by atoms with Crippen LogP contribution in [0.5, 0.6) is 5.75 Å². The average molecular weight is 285 g/mol. The lowest BCUT2D eigenvalue weighted by molar-refractivity contribution is -0.140. The molecule has 21 heavy (non-hydrogen) atoms. The standard InChI is InChI=1S/C16H19N3O2/c1-16(2,19-3)15(20)21-13-9-8-12(14(17)18)10-6-4-5-7-11(10)13/h4-9,19H,1-3H3,(H3,17,18). The van der Waals surface area contributed by atoms with E-state index in [1.54, 1.807) is 33.0 Å². The molecule has 110 valence electrons. The fourth-order valence-corrected chi connectivity index (χ4v) is 1.92. The number of amidine groups is 1. The predicted octanol–water partition coefficient (Wildman–Crippen LogP) is 2.03. The van der Waals surface area contributed by atoms with Gasteiger partial charge >= 0.3 is 5.97 Å². The number of esters is 1. The Bertz CT molecular complexity index is 708. The summed E-state index contributed by atoms with van der Waals surface area (Å²) in [6.07, 6.45) is 0. The van der Waals surface area contributed by atoms with Gasteiger partial charge in [0, 0.05) is 10.9 Å². The molecule has 0 unspecified atom stereocenters. The normalized spacial score (nSPS) is 11.4. The monoisotopic (exact) mass is 285 g/mol. The minimum absolute atomic E-state index is 0.0142. The minimum atomic E-state index is -0.777. The van der Waals surface area contributed by atoms with Crippen molar-refractivity contribution in [2.75, 3.05) is 7.05 Å². The molecule has 5 nitrogen and oxygen atoms in total. The summed E-state index contributed by atoms with van der Waals surface area (Å²) >= 11 is 0. The van der Waals surface area contributed by atoms with Crippen LogP contribution in [0.1, 0.15) is 19.4 Å². The van der Waals surface area contributed by atoms with Crippen molar-refractivity contribution in [1.82, 2.24) is 5.32 Å². The van der Waals surface area contributed by atoms with Crippen molar-refractivity contribution in [3.63, 3.8) is 0 Å². The Morgan fingerprint density at radius 1 is 1.19 bits per heavy atom. The molecule has 0 atom stereocenters. The Morgan fingerprint density at radius 3 is 2.38 bits per heavy atom. The zero-order chi connectivity index (χ0) is 15.6. The summed E-state index contributed by atoms with van der Waals surface area (Å²) in [5, 5.41) is 12.1. The van der Waals surface area contributed by atoms with E-state index in [1.165, 1.54) is 0 Å². The van der Waals surface area contributed by atoms with Crippen LogP contribution in [-0.4, -0.2) is 24.4 Å². The highest BCUT2D eigenvalue weighted by Crippen LogP contribution is 2.29. The Balaban J connectivity index is 2.50. The number of nitrogen functional groups attached to an aromatic ring is 1. The van der Waals surface area contributed by atoms with E-state index in [9.17, 15) is 4.79 Å². The molecule has 0 amide bonds. The molecule has 0 aliphatic rings. The lowest BCUT2D eigenvalue weighted by atomic mass is 10.0. The number of likely N-dealkylation sites (N-methyl/N-ethyl adjacent to an activating group) is 1. The average Bonchev–Trinajstić information content (AvgIpc) is 2.47. The summed E-state index contributed by atoms with van der Waals surface area (Å²) in [6, 6.07) is 10.8. The molecule has 2 aromatic rings. The number of rotatable bonds is 4. The third-order valence-corrected chi connectivity index (χ3v) is 3.51. The van der Waals surface area contributed by atoms with Gasteiger partial charge in [-0.05, 0) is 38.4 Å². The number of hydrogen-bond acceptors (Lipinski definition) is 4. The molecule has 4 N–H and O–H groups in total. The van der Waals surface area contributed by atoms with Crippen LogP contribution in [0, 0.1) is 5.41 Å². The largest absolute Gasteiger partial charge is 0.425 e. The first kappa shape index (κ1) is 15.0. The third kappa shape index (κ3) is 2.87. The lowest BCUT2D eigenvalue weighted by Gasteiger charge is -2.22. The van der Waals surface area contributed by atoms with Crippen LogP contribution in [0.2, 0.25) is 0 Å². The Labute approximate surface area is 123 Å². The van der Waals surface area contributed by atoms with Crippen LogP contribution < -0.4 is 15.8 Å². The molecule has 0 aliphatic heterocycles. The molecule has 0 heterocycles. The van der Waals surface area contributed by atoms with E-state index in [-0.39, 0.29) is 11.8 Å². The summed E-state index contributed by atoms with van der Waals surface area (Å²) in [6.45, 7) is 3.50. The van der Waals surface area contributed by atoms with E-state index in [2.05, 4.69) is 5.32 Å². The van der Waals surface area contributed by atoms with Gasteiger partial charge in [0.05, 0.1) is 0 Å². The van der Waals surface area contributed by atoms with Crippen LogP contribution in [0.4, 0.5) is 0 Å². The maximum atomic E-state index is 12.2. The molecule has 0 fully saturated rings. The zero-order valence-corrected chi connectivity index (χ0v) is 12.4. The Kier molecular flexibility index (Phi) is 3.95. The number of nitrogens with one attached hydrogen (secondary N) is 2. The number of nitrogens with two attached hydrogens (primary N) is 1. The number of carbonyl (C=O) groups excluding carboxylic acids is 1. The maximum Gasteiger partial charge on any atom is 0.331 e. The second-order valence-corrected chi connectivity index (χ2v) is 5.34. The number of ether oxygens (including phenoxy) is 1. The van der Waals surface area contributed by atoms with Crippen LogP contribution >= 0.6 is 0 Å². The van der Waals surface area contributed by atoms with Gasteiger partial charge in [0.25, 0.3) is 0 Å². The Morgan fingerprint density at radius 2 is 1.81 bits per heavy atom. The highest BCUT2D eigenvalue weighted by Gasteiger charge is 2.28. The van der Waals surface area contributed by atoms with E-state index in [1.807, 2.05) is 24.3 Å². The molecule has 0 spiro atoms. The predicted molar refractivity (Wildman–Crippen MR) is 83.7 cm³/mol. The number of carbonyl (C=O) groups is 1. The molecule has 5 heteroatoms. The minimum Gasteiger partial charge on any atom is -0.425 e. The summed E-state index contributed by atoms with van der Waals surface area (Å²) in [4.78, 5) is 12.2. The van der Waals surface area contributed by atoms with E-state index in [4.69, 9.17) is 15.9 Å². The summed E-state index contributed by atoms with van der Waals surface area (Å²) in [5.41, 5.74) is 5.43. The topological polar surface area (TPSA) is 88.2 Å². The second kappa shape index (κ2) is 5.54. The van der Waals surface area contributed by atoms with Crippen molar-refractivity contribution < 1.29 is 9.53 Å². The molecule has 0 aliphatic carbocycles. The maximum absolute atomic E-state index is 12.2. The number of benzene rings is 2. The van der Waals surface area contributed by atoms with Crippen molar-refractivity contribution in [1.29, 1.82) is 5.41 Å². The molecule has 2 aromatic carbocycles. The summed E-state index contributed by atoms with van der Waals surface area (Å²) in [5.74, 6) is 0.0780. The number of fused-ring (bicyclic) bond motifs is 1. The van der Waals surface area contributed by atoms with Gasteiger partial charge < -0.3 is 15.8 Å². The Hall–Kier alpha value is -2.40. The fraction of sp³-hybridized carbons (Fsp3) is 0.250. The zero-order valence-electron chi connectivity index (χ0n) is 12.4. The van der Waals surface area contributed by atoms with Crippen LogP contribution in [0.15, 0.2) is 36.4 Å². The molecule has 0 radical (unpaired) electrons. The van der Waals surface area contributed by atoms with Gasteiger partial charge in [0.2, 0.25) is 0 Å². The van der Waals surface area contributed by atoms with E-state index >= 15 is 0 Å². The van der Waals surface area contributed by atoms with E-state index in [0.29, 0.717) is 11.3 Å². The lowest BCUT2D eigenvalue weighted by Crippen LogP contribution is -2.47. The quantitative estimate of drug-likeness (QED) is 0.347. The van der Waals surface area contributed by atoms with E-state index in [0.717, 1.165) is 10.8 Å². The van der Waals surface area contributed by atoms with Gasteiger partial charge in [-0.2, -0.15) is 0 Å². The van der Waals surface area contributed by atoms with Crippen molar-refractivity contribution in [2.24, 2.45) is 5.73 Å². The van der Waals surface area contributed by atoms with E-state index < -0.39 is 5.54 Å². The van der Waals surface area contributed by atoms with Crippen molar-refractivity contribution >= 4 is 22.6 Å². The van der Waals surface area contributed by atoms with Crippen LogP contribution in [0.25, 0.3) is 10.8 Å². The van der Waals surface area contributed by atoms with Crippen molar-refractivity contribution in [2.45, 2.75) is 19.4 Å². The SMILES string of the molecule is CNC(C)(C)C(=O)Oc1ccc(C(=N)N)c2ccccc12. The van der Waals surface area contributed by atoms with Crippen LogP contribution in [-0.2, 0) is 4.79 Å². The number of hydrogen-bond donors (Lipinski definition) is 3. The first-order valence-corrected chi connectivity index (χ1v) is 6.64. The fourth-order valence-electron chi connectivity index (χ4n) is 1.92. The van der Waals surface area contributed by atoms with Crippen molar-refractivity contribution in [3.8, 4) is 5.75 Å². The molecule has 2 rings (SSSR count). The molecule has 0 aromatic heterocycles. The molecule has 0 bridgehead atoms. The van der Waals surface area contributed by atoms with Gasteiger partial charge in [0.15, 0.2) is 0 Å². The molecule has 0 saturated heterocycles. The smallest absolute Gasteiger partial charge is 0.331 e. The van der Waals surface area contributed by atoms with Gasteiger partial charge in [-0.3, -0.25) is 5.41 Å². The van der Waals surface area contributed by atoms with Gasteiger partial charge in [-0.1, -0.05) is 24.3 Å². The molecular formula is C16H19N3O2. The van der Waals surface area contributed by atoms with Gasteiger partial charge in [-0.25, -0.2) is 4.79 Å². The highest BCUT2D eigenvalue weighted by molar-refractivity contribution is 6.09. The highest BCUT2D eigenvalue weighted by atomic mass is 16.5. The molecular weight excluding hydrogens is 266 g/mol. The third-order valence-electron chi connectivity index (χ3n) is 3.51. The second-order valence-electron chi connectivity index (χ2n) is 5.34. The first-order valence-electron chi connectivity index (χ1n) is 6.64. The summed E-state index contributed by atoms with van der Waals surface area (Å²) in [7, 11) is 1.71. The van der Waals surface area contributed by atoms with Gasteiger partial charge in [-0.15, -0.1) is 0 Å². The first-order chi connectivity index (χ1) is 9.86. The van der Waals surface area contributed by atoms with Crippen molar-refractivity contribution in [3.05, 3.63) is 42.0 Å². The summed E-state index contributed by atoms with van der Waals surface area (Å²) < 4.78 is 5.51. The molecule has 0 saturated carbocycles.